The highest BCUT2D eigenvalue weighted by Gasteiger charge is 2.53. The second-order valence-corrected chi connectivity index (χ2v) is 6.73. The first kappa shape index (κ1) is 13.4. The number of rotatable bonds is 5. The van der Waals surface area contributed by atoms with Crippen LogP contribution in [0.2, 0.25) is 0 Å². The molecule has 1 atom stereocenters. The molecule has 0 radical (unpaired) electrons. The van der Waals surface area contributed by atoms with Crippen molar-refractivity contribution >= 4 is 5.91 Å². The first-order valence-corrected chi connectivity index (χ1v) is 7.60. The van der Waals surface area contributed by atoms with Gasteiger partial charge in [-0.25, -0.2) is 0 Å². The van der Waals surface area contributed by atoms with Gasteiger partial charge in [-0.15, -0.1) is 0 Å². The van der Waals surface area contributed by atoms with Crippen molar-refractivity contribution < 1.29 is 14.6 Å². The van der Waals surface area contributed by atoms with Crippen LogP contribution in [-0.2, 0) is 9.53 Å². The van der Waals surface area contributed by atoms with Gasteiger partial charge in [-0.3, -0.25) is 4.79 Å². The van der Waals surface area contributed by atoms with Crippen molar-refractivity contribution in [2.75, 3.05) is 26.8 Å². The molecule has 1 aliphatic heterocycles. The Bertz CT molecular complexity index is 362. The summed E-state index contributed by atoms with van der Waals surface area (Å²) < 4.78 is 5.16. The van der Waals surface area contributed by atoms with Crippen LogP contribution in [0.5, 0.6) is 0 Å². The third kappa shape index (κ3) is 2.29. The fourth-order valence-electron chi connectivity index (χ4n) is 3.75. The van der Waals surface area contributed by atoms with E-state index in [0.29, 0.717) is 19.1 Å². The molecular formula is C15H25NO3. The zero-order chi connectivity index (χ0) is 13.5. The van der Waals surface area contributed by atoms with E-state index in [9.17, 15) is 9.90 Å². The lowest BCUT2D eigenvalue weighted by atomic mass is 9.66. The highest BCUT2D eigenvalue weighted by Crippen LogP contribution is 2.49. The molecule has 4 heteroatoms. The molecule has 3 rings (SSSR count). The highest BCUT2D eigenvalue weighted by atomic mass is 16.5. The number of β-amino-alcohol motifs (C(OH)–C–C–N with tert-alkyl or cyclic N) is 1. The minimum Gasteiger partial charge on any atom is -0.388 e. The van der Waals surface area contributed by atoms with Crippen molar-refractivity contribution in [3.8, 4) is 0 Å². The molecule has 1 heterocycles. The van der Waals surface area contributed by atoms with Gasteiger partial charge in [0.25, 0.3) is 0 Å². The molecule has 2 saturated carbocycles. The quantitative estimate of drug-likeness (QED) is 0.822. The molecule has 0 bridgehead atoms. The molecule has 3 fully saturated rings. The second-order valence-electron chi connectivity index (χ2n) is 6.73. The number of likely N-dealkylation sites (tertiary alicyclic amines) is 1. The smallest absolute Gasteiger partial charge is 0.228 e. The highest BCUT2D eigenvalue weighted by molar-refractivity contribution is 5.84. The summed E-state index contributed by atoms with van der Waals surface area (Å²) >= 11 is 0. The summed E-state index contributed by atoms with van der Waals surface area (Å²) in [4.78, 5) is 14.7. The molecule has 1 N–H and O–H groups in total. The predicted molar refractivity (Wildman–Crippen MR) is 71.6 cm³/mol. The number of hydrogen-bond donors (Lipinski definition) is 1. The number of ether oxygens (including phenoxy) is 1. The van der Waals surface area contributed by atoms with E-state index < -0.39 is 5.60 Å². The Hall–Kier alpha value is -0.610. The van der Waals surface area contributed by atoms with Gasteiger partial charge in [0.05, 0.1) is 11.0 Å². The lowest BCUT2D eigenvalue weighted by Gasteiger charge is -2.43. The van der Waals surface area contributed by atoms with Gasteiger partial charge in [-0.2, -0.15) is 0 Å². The van der Waals surface area contributed by atoms with Gasteiger partial charge in [0.2, 0.25) is 5.91 Å². The van der Waals surface area contributed by atoms with Crippen molar-refractivity contribution in [3.63, 3.8) is 0 Å². The summed E-state index contributed by atoms with van der Waals surface area (Å²) in [5, 5.41) is 10.6. The molecule has 4 nitrogen and oxygen atoms in total. The van der Waals surface area contributed by atoms with Crippen LogP contribution >= 0.6 is 0 Å². The van der Waals surface area contributed by atoms with Crippen LogP contribution in [0.1, 0.15) is 44.9 Å². The van der Waals surface area contributed by atoms with E-state index in [1.807, 2.05) is 4.90 Å². The maximum atomic E-state index is 12.7. The minimum atomic E-state index is -0.581. The zero-order valence-corrected chi connectivity index (χ0v) is 11.9. The third-order valence-corrected chi connectivity index (χ3v) is 5.45. The Morgan fingerprint density at radius 1 is 1.37 bits per heavy atom. The van der Waals surface area contributed by atoms with Crippen molar-refractivity contribution in [3.05, 3.63) is 0 Å². The zero-order valence-electron chi connectivity index (χ0n) is 11.9. The first-order valence-electron chi connectivity index (χ1n) is 7.60. The molecule has 0 aromatic heterocycles. The summed E-state index contributed by atoms with van der Waals surface area (Å²) in [6.07, 6.45) is 7.00. The van der Waals surface area contributed by atoms with Gasteiger partial charge >= 0.3 is 0 Å². The average molecular weight is 267 g/mol. The van der Waals surface area contributed by atoms with E-state index in [2.05, 4.69) is 0 Å². The molecule has 19 heavy (non-hydrogen) atoms. The average Bonchev–Trinajstić information content (AvgIpc) is 3.13. The fourth-order valence-corrected chi connectivity index (χ4v) is 3.75. The topological polar surface area (TPSA) is 49.8 Å². The molecule has 3 aliphatic rings. The van der Waals surface area contributed by atoms with Crippen molar-refractivity contribution in [2.24, 2.45) is 11.3 Å². The van der Waals surface area contributed by atoms with E-state index in [1.54, 1.807) is 7.11 Å². The predicted octanol–water partition coefficient (Wildman–Crippen LogP) is 1.57. The van der Waals surface area contributed by atoms with Gasteiger partial charge in [-0.05, 0) is 44.4 Å². The van der Waals surface area contributed by atoms with Crippen molar-refractivity contribution in [2.45, 2.75) is 50.5 Å². The monoisotopic (exact) mass is 267 g/mol. The SMILES string of the molecule is COCCC1(C(=O)N2CCC(O)(C3CC3)C2)CCC1. The lowest BCUT2D eigenvalue weighted by Crippen LogP contribution is -2.49. The van der Waals surface area contributed by atoms with E-state index in [0.717, 1.165) is 51.5 Å². The standard InChI is InChI=1S/C15H25NO3/c1-19-10-8-14(5-2-6-14)13(17)16-9-7-15(18,11-16)12-3-4-12/h12,18H,2-11H2,1H3. The molecule has 2 aliphatic carbocycles. The van der Waals surface area contributed by atoms with Gasteiger partial charge < -0.3 is 14.7 Å². The number of carbonyl (C=O) groups is 1. The van der Waals surface area contributed by atoms with Gasteiger partial charge in [-0.1, -0.05) is 6.42 Å². The van der Waals surface area contributed by atoms with E-state index >= 15 is 0 Å². The molecule has 1 amide bonds. The summed E-state index contributed by atoms with van der Waals surface area (Å²) in [6, 6.07) is 0. The molecule has 0 aromatic rings. The fraction of sp³-hybridized carbons (Fsp3) is 0.933. The first-order chi connectivity index (χ1) is 9.10. The van der Waals surface area contributed by atoms with E-state index in [1.165, 1.54) is 0 Å². The Labute approximate surface area is 115 Å². The molecule has 1 saturated heterocycles. The number of nitrogens with zero attached hydrogens (tertiary/aromatic N) is 1. The van der Waals surface area contributed by atoms with Gasteiger partial charge in [0, 0.05) is 26.8 Å². The lowest BCUT2D eigenvalue weighted by molar-refractivity contribution is -0.149. The van der Waals surface area contributed by atoms with Crippen LogP contribution in [0.3, 0.4) is 0 Å². The summed E-state index contributed by atoms with van der Waals surface area (Å²) in [6.45, 7) is 1.96. The molecule has 1 unspecified atom stereocenters. The maximum absolute atomic E-state index is 12.7. The maximum Gasteiger partial charge on any atom is 0.228 e. The Kier molecular flexibility index (Phi) is 3.34. The van der Waals surface area contributed by atoms with Crippen LogP contribution < -0.4 is 0 Å². The van der Waals surface area contributed by atoms with Crippen molar-refractivity contribution in [1.29, 1.82) is 0 Å². The number of methoxy groups -OCH3 is 1. The Balaban J connectivity index is 1.63. The third-order valence-electron chi connectivity index (χ3n) is 5.45. The van der Waals surface area contributed by atoms with Crippen LogP contribution in [-0.4, -0.2) is 48.3 Å². The Morgan fingerprint density at radius 2 is 2.11 bits per heavy atom. The molecule has 108 valence electrons. The number of amides is 1. The van der Waals surface area contributed by atoms with Crippen molar-refractivity contribution in [1.82, 2.24) is 4.90 Å². The minimum absolute atomic E-state index is 0.176. The second kappa shape index (κ2) is 4.74. The molecular weight excluding hydrogens is 242 g/mol. The van der Waals surface area contributed by atoms with E-state index in [4.69, 9.17) is 4.74 Å². The Morgan fingerprint density at radius 3 is 2.63 bits per heavy atom. The normalized spacial score (nSPS) is 33.3. The number of hydrogen-bond acceptors (Lipinski definition) is 3. The van der Waals surface area contributed by atoms with Crippen LogP contribution in [0, 0.1) is 11.3 Å². The van der Waals surface area contributed by atoms with Gasteiger partial charge in [0.15, 0.2) is 0 Å². The van der Waals surface area contributed by atoms with Crippen LogP contribution in [0.15, 0.2) is 0 Å². The van der Waals surface area contributed by atoms with Crippen LogP contribution in [0.25, 0.3) is 0 Å². The largest absolute Gasteiger partial charge is 0.388 e. The van der Waals surface area contributed by atoms with E-state index in [-0.39, 0.29) is 11.3 Å². The number of carbonyl (C=O) groups excluding carboxylic acids is 1. The molecule has 0 aromatic carbocycles. The summed E-state index contributed by atoms with van der Waals surface area (Å²) in [5.74, 6) is 0.717. The summed E-state index contributed by atoms with van der Waals surface area (Å²) in [5.41, 5.74) is -0.757. The molecule has 0 spiro atoms. The summed E-state index contributed by atoms with van der Waals surface area (Å²) in [7, 11) is 1.69. The van der Waals surface area contributed by atoms with Crippen LogP contribution in [0.4, 0.5) is 0 Å². The number of aliphatic hydroxyl groups is 1. The van der Waals surface area contributed by atoms with Gasteiger partial charge in [0.1, 0.15) is 0 Å².